The zero-order valence-corrected chi connectivity index (χ0v) is 9.80. The van der Waals surface area contributed by atoms with Gasteiger partial charge in [-0.3, -0.25) is 10.1 Å². The van der Waals surface area contributed by atoms with Crippen LogP contribution in [0.25, 0.3) is 0 Å². The molecule has 0 aliphatic rings. The minimum absolute atomic E-state index is 0.0750. The smallest absolute Gasteiger partial charge is 0.270 e. The highest BCUT2D eigenvalue weighted by Crippen LogP contribution is 2.24. The van der Waals surface area contributed by atoms with Gasteiger partial charge in [0, 0.05) is 25.7 Å². The summed E-state index contributed by atoms with van der Waals surface area (Å²) in [5.41, 5.74) is 1.84. The number of nitro groups is 1. The minimum Gasteiger partial charge on any atom is -0.370 e. The lowest BCUT2D eigenvalue weighted by atomic mass is 10.1. The molecule has 5 heteroatoms. The summed E-state index contributed by atoms with van der Waals surface area (Å²) in [6.45, 7) is 6.28. The van der Waals surface area contributed by atoms with Gasteiger partial charge in [-0.05, 0) is 13.0 Å². The summed E-state index contributed by atoms with van der Waals surface area (Å²) in [5, 5.41) is 19.6. The first-order chi connectivity index (χ1) is 7.95. The number of hydrogen-bond donors (Lipinski definition) is 0. The Kier molecular flexibility index (Phi) is 3.83. The highest BCUT2D eigenvalue weighted by molar-refractivity contribution is 5.62. The van der Waals surface area contributed by atoms with Gasteiger partial charge in [0.15, 0.2) is 0 Å². The second kappa shape index (κ2) is 5.12. The molecule has 0 amide bonds. The van der Waals surface area contributed by atoms with E-state index in [-0.39, 0.29) is 5.69 Å². The minimum atomic E-state index is -0.511. The summed E-state index contributed by atoms with van der Waals surface area (Å²) >= 11 is 0. The van der Waals surface area contributed by atoms with Gasteiger partial charge in [-0.15, -0.1) is 0 Å². The molecule has 17 heavy (non-hydrogen) atoms. The van der Waals surface area contributed by atoms with Gasteiger partial charge in [-0.2, -0.15) is 5.26 Å². The normalized spacial score (nSPS) is 9.47. The highest BCUT2D eigenvalue weighted by atomic mass is 16.6. The van der Waals surface area contributed by atoms with Crippen LogP contribution in [-0.2, 0) is 0 Å². The van der Waals surface area contributed by atoms with E-state index < -0.39 is 4.92 Å². The maximum atomic E-state index is 10.6. The quantitative estimate of drug-likeness (QED) is 0.453. The van der Waals surface area contributed by atoms with Crippen molar-refractivity contribution in [3.05, 3.63) is 46.0 Å². The van der Waals surface area contributed by atoms with E-state index in [1.54, 1.807) is 6.07 Å². The molecule has 0 atom stereocenters. The van der Waals surface area contributed by atoms with Gasteiger partial charge in [0.1, 0.15) is 6.07 Å². The predicted molar refractivity (Wildman–Crippen MR) is 65.9 cm³/mol. The van der Waals surface area contributed by atoms with Crippen molar-refractivity contribution >= 4 is 11.4 Å². The van der Waals surface area contributed by atoms with Crippen LogP contribution in [0, 0.1) is 21.4 Å². The first-order valence-corrected chi connectivity index (χ1v) is 4.99. The Hall–Kier alpha value is -2.35. The van der Waals surface area contributed by atoms with E-state index in [2.05, 4.69) is 6.58 Å². The van der Waals surface area contributed by atoms with Crippen molar-refractivity contribution in [1.29, 1.82) is 5.26 Å². The van der Waals surface area contributed by atoms with Crippen LogP contribution >= 0.6 is 0 Å². The maximum Gasteiger partial charge on any atom is 0.270 e. The molecule has 0 N–H and O–H groups in total. The molecule has 1 aromatic carbocycles. The molecule has 0 aliphatic heterocycles. The molecule has 0 heterocycles. The number of nitriles is 1. The molecule has 0 spiro atoms. The predicted octanol–water partition coefficient (Wildman–Crippen LogP) is 2.48. The molecule has 1 rings (SSSR count). The van der Waals surface area contributed by atoms with Crippen molar-refractivity contribution in [3.8, 4) is 6.07 Å². The van der Waals surface area contributed by atoms with Crippen molar-refractivity contribution in [1.82, 2.24) is 0 Å². The molecule has 0 radical (unpaired) electrons. The van der Waals surface area contributed by atoms with E-state index >= 15 is 0 Å². The molecule has 88 valence electrons. The lowest BCUT2D eigenvalue weighted by molar-refractivity contribution is -0.384. The Bertz CT molecular complexity index is 503. The average molecular weight is 231 g/mol. The molecule has 0 aliphatic carbocycles. The van der Waals surface area contributed by atoms with E-state index in [4.69, 9.17) is 5.26 Å². The van der Waals surface area contributed by atoms with Crippen LogP contribution in [0.15, 0.2) is 30.4 Å². The van der Waals surface area contributed by atoms with E-state index in [1.807, 2.05) is 24.9 Å². The molecule has 5 nitrogen and oxygen atoms in total. The summed E-state index contributed by atoms with van der Waals surface area (Å²) in [4.78, 5) is 11.9. The molecule has 0 bridgehead atoms. The first-order valence-electron chi connectivity index (χ1n) is 4.99. The Labute approximate surface area is 99.7 Å². The number of rotatable bonds is 4. The number of hydrogen-bond acceptors (Lipinski definition) is 4. The number of nitro benzene ring substituents is 1. The zero-order valence-electron chi connectivity index (χ0n) is 9.80. The highest BCUT2D eigenvalue weighted by Gasteiger charge is 2.13. The summed E-state index contributed by atoms with van der Waals surface area (Å²) in [6.07, 6.45) is 0. The lowest BCUT2D eigenvalue weighted by Crippen LogP contribution is -2.20. The standard InChI is InChI=1S/C12H13N3O2/c1-9(2)8-14(3)12-5-4-11(15(16)17)6-10(12)7-13/h4-6H,1,8H2,2-3H3. The molecular formula is C12H13N3O2. The van der Waals surface area contributed by atoms with Crippen LogP contribution in [-0.4, -0.2) is 18.5 Å². The summed E-state index contributed by atoms with van der Waals surface area (Å²) in [7, 11) is 1.82. The van der Waals surface area contributed by atoms with E-state index in [1.165, 1.54) is 12.1 Å². The Morgan fingerprint density at radius 2 is 2.29 bits per heavy atom. The number of anilines is 1. The van der Waals surface area contributed by atoms with Crippen LogP contribution in [0.4, 0.5) is 11.4 Å². The Morgan fingerprint density at radius 3 is 2.76 bits per heavy atom. The van der Waals surface area contributed by atoms with Gasteiger partial charge in [0.05, 0.1) is 16.2 Å². The largest absolute Gasteiger partial charge is 0.370 e. The third-order valence-electron chi connectivity index (χ3n) is 2.23. The topological polar surface area (TPSA) is 70.2 Å². The van der Waals surface area contributed by atoms with Gasteiger partial charge in [-0.25, -0.2) is 0 Å². The maximum absolute atomic E-state index is 10.6. The number of nitrogens with zero attached hydrogens (tertiary/aromatic N) is 3. The average Bonchev–Trinajstić information content (AvgIpc) is 2.27. The molecule has 0 aromatic heterocycles. The third kappa shape index (κ3) is 3.05. The number of non-ortho nitro benzene ring substituents is 1. The number of benzene rings is 1. The number of likely N-dealkylation sites (N-methyl/N-ethyl adjacent to an activating group) is 1. The molecule has 1 aromatic rings. The molecule has 0 saturated carbocycles. The lowest BCUT2D eigenvalue weighted by Gasteiger charge is -2.20. The zero-order chi connectivity index (χ0) is 13.0. The van der Waals surface area contributed by atoms with E-state index in [0.29, 0.717) is 17.8 Å². The Morgan fingerprint density at radius 1 is 1.65 bits per heavy atom. The summed E-state index contributed by atoms with van der Waals surface area (Å²) < 4.78 is 0. The Balaban J connectivity index is 3.13. The van der Waals surface area contributed by atoms with Gasteiger partial charge >= 0.3 is 0 Å². The van der Waals surface area contributed by atoms with Crippen LogP contribution in [0.3, 0.4) is 0 Å². The summed E-state index contributed by atoms with van der Waals surface area (Å²) in [6, 6.07) is 6.23. The van der Waals surface area contributed by atoms with E-state index in [0.717, 1.165) is 5.57 Å². The SMILES string of the molecule is C=C(C)CN(C)c1ccc([N+](=O)[O-])cc1C#N. The van der Waals surface area contributed by atoms with Gasteiger partial charge in [0.2, 0.25) is 0 Å². The van der Waals surface area contributed by atoms with Crippen molar-refractivity contribution in [3.63, 3.8) is 0 Å². The second-order valence-corrected chi connectivity index (χ2v) is 3.88. The van der Waals surface area contributed by atoms with Gasteiger partial charge in [0.25, 0.3) is 5.69 Å². The monoisotopic (exact) mass is 231 g/mol. The van der Waals surface area contributed by atoms with Crippen molar-refractivity contribution < 1.29 is 4.92 Å². The third-order valence-corrected chi connectivity index (χ3v) is 2.23. The van der Waals surface area contributed by atoms with Crippen molar-refractivity contribution in [2.75, 3.05) is 18.5 Å². The molecule has 0 unspecified atom stereocenters. The van der Waals surface area contributed by atoms with Crippen molar-refractivity contribution in [2.24, 2.45) is 0 Å². The summed E-state index contributed by atoms with van der Waals surface area (Å²) in [5.74, 6) is 0. The fraction of sp³-hybridized carbons (Fsp3) is 0.250. The molecule has 0 fully saturated rings. The van der Waals surface area contributed by atoms with Crippen LogP contribution in [0.1, 0.15) is 12.5 Å². The van der Waals surface area contributed by atoms with Crippen LogP contribution < -0.4 is 4.90 Å². The fourth-order valence-electron chi connectivity index (χ4n) is 1.55. The first kappa shape index (κ1) is 12.7. The second-order valence-electron chi connectivity index (χ2n) is 3.88. The van der Waals surface area contributed by atoms with E-state index in [9.17, 15) is 10.1 Å². The van der Waals surface area contributed by atoms with Crippen LogP contribution in [0.5, 0.6) is 0 Å². The fourth-order valence-corrected chi connectivity index (χ4v) is 1.55. The van der Waals surface area contributed by atoms with Crippen LogP contribution in [0.2, 0.25) is 0 Å². The molecular weight excluding hydrogens is 218 g/mol. The molecule has 0 saturated heterocycles. The van der Waals surface area contributed by atoms with Crippen molar-refractivity contribution in [2.45, 2.75) is 6.92 Å². The van der Waals surface area contributed by atoms with Gasteiger partial charge in [-0.1, -0.05) is 12.2 Å². The van der Waals surface area contributed by atoms with Gasteiger partial charge < -0.3 is 4.90 Å².